The van der Waals surface area contributed by atoms with E-state index in [-0.39, 0.29) is 12.1 Å². The molecule has 0 spiro atoms. The van der Waals surface area contributed by atoms with Crippen LogP contribution in [-0.2, 0) is 17.5 Å². The van der Waals surface area contributed by atoms with Gasteiger partial charge in [-0.15, -0.1) is 0 Å². The summed E-state index contributed by atoms with van der Waals surface area (Å²) in [6.07, 6.45) is -2.15. The van der Waals surface area contributed by atoms with E-state index in [1.165, 1.54) is 6.07 Å². The van der Waals surface area contributed by atoms with Gasteiger partial charge in [0.1, 0.15) is 0 Å². The van der Waals surface area contributed by atoms with E-state index in [1.807, 2.05) is 0 Å². The second-order valence-electron chi connectivity index (χ2n) is 4.14. The summed E-state index contributed by atoms with van der Waals surface area (Å²) in [5.41, 5.74) is 6.19. The lowest BCUT2D eigenvalue weighted by Gasteiger charge is -2.19. The van der Waals surface area contributed by atoms with E-state index in [2.05, 4.69) is 0 Å². The topological polar surface area (TPSA) is 35.2 Å². The Labute approximate surface area is 103 Å². The highest BCUT2D eigenvalue weighted by atomic mass is 19.4. The molecular formula is C13H14F3NO. The van der Waals surface area contributed by atoms with Crippen LogP contribution in [-0.4, -0.2) is 13.2 Å². The predicted molar refractivity (Wildman–Crippen MR) is 62.7 cm³/mol. The maximum absolute atomic E-state index is 13.0. The smallest absolute Gasteiger partial charge is 0.377 e. The van der Waals surface area contributed by atoms with Crippen molar-refractivity contribution in [2.24, 2.45) is 5.73 Å². The van der Waals surface area contributed by atoms with Gasteiger partial charge < -0.3 is 10.5 Å². The van der Waals surface area contributed by atoms with Crippen molar-refractivity contribution in [2.75, 3.05) is 13.2 Å². The van der Waals surface area contributed by atoms with Gasteiger partial charge in [0.2, 0.25) is 0 Å². The fraction of sp³-hybridized carbons (Fsp3) is 0.385. The average molecular weight is 257 g/mol. The van der Waals surface area contributed by atoms with Gasteiger partial charge in [0.15, 0.2) is 0 Å². The van der Waals surface area contributed by atoms with Gasteiger partial charge in [-0.2, -0.15) is 13.2 Å². The summed E-state index contributed by atoms with van der Waals surface area (Å²) in [5, 5.41) is 0. The number of hydrogen-bond acceptors (Lipinski definition) is 2. The third-order valence-electron chi connectivity index (χ3n) is 2.93. The first-order valence-electron chi connectivity index (χ1n) is 5.69. The Morgan fingerprint density at radius 2 is 2.06 bits per heavy atom. The van der Waals surface area contributed by atoms with Gasteiger partial charge in [0, 0.05) is 6.54 Å². The molecule has 1 aliphatic rings. The summed E-state index contributed by atoms with van der Waals surface area (Å²) in [7, 11) is 0. The summed E-state index contributed by atoms with van der Waals surface area (Å²) in [5.74, 6) is 0. The number of nitrogens with two attached hydrogens (primary N) is 1. The van der Waals surface area contributed by atoms with Crippen LogP contribution in [0.5, 0.6) is 0 Å². The molecule has 0 radical (unpaired) electrons. The number of halogens is 3. The van der Waals surface area contributed by atoms with Gasteiger partial charge in [-0.1, -0.05) is 18.2 Å². The fourth-order valence-electron chi connectivity index (χ4n) is 2.00. The van der Waals surface area contributed by atoms with Crippen molar-refractivity contribution in [3.8, 4) is 0 Å². The summed E-state index contributed by atoms with van der Waals surface area (Å²) >= 11 is 0. The van der Waals surface area contributed by atoms with Crippen LogP contribution in [0.15, 0.2) is 24.3 Å². The number of alkyl halides is 3. The summed E-state index contributed by atoms with van der Waals surface area (Å²) in [6, 6.07) is 4.27. The van der Waals surface area contributed by atoms with Crippen LogP contribution in [0.3, 0.4) is 0 Å². The van der Waals surface area contributed by atoms with Gasteiger partial charge in [-0.05, 0) is 29.2 Å². The van der Waals surface area contributed by atoms with E-state index in [9.17, 15) is 13.2 Å². The number of benzene rings is 1. The molecule has 0 amide bonds. The monoisotopic (exact) mass is 257 g/mol. The lowest BCUT2D eigenvalue weighted by molar-refractivity contribution is -0.137. The highest BCUT2D eigenvalue weighted by molar-refractivity contribution is 5.69. The Morgan fingerprint density at radius 1 is 1.28 bits per heavy atom. The standard InChI is InChI=1S/C13H14F3NO/c14-13(15,16)12-7-9(8-17)1-2-11(12)10-3-5-18-6-4-10/h1-3,7H,4-6,8,17H2. The second-order valence-corrected chi connectivity index (χ2v) is 4.14. The quantitative estimate of drug-likeness (QED) is 0.884. The zero-order valence-electron chi connectivity index (χ0n) is 9.76. The normalized spacial score (nSPS) is 16.6. The Morgan fingerprint density at radius 3 is 2.61 bits per heavy atom. The molecule has 0 unspecified atom stereocenters. The lowest BCUT2D eigenvalue weighted by atomic mass is 9.94. The lowest BCUT2D eigenvalue weighted by Crippen LogP contribution is -2.13. The zero-order chi connectivity index (χ0) is 13.2. The first-order valence-corrected chi connectivity index (χ1v) is 5.69. The molecule has 0 aromatic heterocycles. The van der Waals surface area contributed by atoms with Gasteiger partial charge in [-0.3, -0.25) is 0 Å². The molecule has 5 heteroatoms. The van der Waals surface area contributed by atoms with Crippen LogP contribution < -0.4 is 5.73 Å². The molecule has 0 atom stereocenters. The molecule has 2 rings (SSSR count). The van der Waals surface area contributed by atoms with E-state index in [1.54, 1.807) is 12.1 Å². The molecule has 0 aliphatic carbocycles. The van der Waals surface area contributed by atoms with Crippen molar-refractivity contribution < 1.29 is 17.9 Å². The third-order valence-corrected chi connectivity index (χ3v) is 2.93. The van der Waals surface area contributed by atoms with E-state index in [0.717, 1.165) is 6.07 Å². The van der Waals surface area contributed by atoms with Gasteiger partial charge in [0.25, 0.3) is 0 Å². The second kappa shape index (κ2) is 5.12. The minimum atomic E-state index is -4.36. The highest BCUT2D eigenvalue weighted by Crippen LogP contribution is 2.37. The van der Waals surface area contributed by atoms with Gasteiger partial charge in [-0.25, -0.2) is 0 Å². The molecule has 0 saturated heterocycles. The van der Waals surface area contributed by atoms with Crippen molar-refractivity contribution in [2.45, 2.75) is 19.1 Å². The predicted octanol–water partition coefficient (Wildman–Crippen LogP) is 2.97. The van der Waals surface area contributed by atoms with Gasteiger partial charge >= 0.3 is 6.18 Å². The molecule has 1 aliphatic heterocycles. The molecule has 2 N–H and O–H groups in total. The van der Waals surface area contributed by atoms with E-state index >= 15 is 0 Å². The summed E-state index contributed by atoms with van der Waals surface area (Å²) in [4.78, 5) is 0. The maximum Gasteiger partial charge on any atom is 0.417 e. The Hall–Kier alpha value is -1.33. The number of hydrogen-bond donors (Lipinski definition) is 1. The Bertz CT molecular complexity index is 466. The fourth-order valence-corrected chi connectivity index (χ4v) is 2.00. The molecule has 98 valence electrons. The summed E-state index contributed by atoms with van der Waals surface area (Å²) in [6.45, 7) is 0.929. The minimum absolute atomic E-state index is 0.103. The molecule has 1 aromatic rings. The molecule has 0 bridgehead atoms. The van der Waals surface area contributed by atoms with Crippen LogP contribution in [0.25, 0.3) is 5.57 Å². The van der Waals surface area contributed by atoms with E-state index in [4.69, 9.17) is 10.5 Å². The van der Waals surface area contributed by atoms with Crippen molar-refractivity contribution in [3.63, 3.8) is 0 Å². The van der Waals surface area contributed by atoms with Crippen molar-refractivity contribution in [1.82, 2.24) is 0 Å². The van der Waals surface area contributed by atoms with E-state index in [0.29, 0.717) is 30.8 Å². The van der Waals surface area contributed by atoms with Crippen LogP contribution in [0.4, 0.5) is 13.2 Å². The van der Waals surface area contributed by atoms with Crippen LogP contribution in [0, 0.1) is 0 Å². The van der Waals surface area contributed by atoms with Crippen molar-refractivity contribution >= 4 is 5.57 Å². The number of rotatable bonds is 2. The first-order chi connectivity index (χ1) is 8.52. The largest absolute Gasteiger partial charge is 0.417 e. The van der Waals surface area contributed by atoms with Crippen molar-refractivity contribution in [3.05, 3.63) is 41.0 Å². The molecule has 18 heavy (non-hydrogen) atoms. The first kappa shape index (κ1) is 13.1. The number of ether oxygens (including phenoxy) is 1. The molecule has 1 aromatic carbocycles. The van der Waals surface area contributed by atoms with Crippen molar-refractivity contribution in [1.29, 1.82) is 0 Å². The van der Waals surface area contributed by atoms with Gasteiger partial charge in [0.05, 0.1) is 18.8 Å². The van der Waals surface area contributed by atoms with Crippen LogP contribution in [0.1, 0.15) is 23.1 Å². The Kier molecular flexibility index (Phi) is 3.73. The molecule has 2 nitrogen and oxygen atoms in total. The van der Waals surface area contributed by atoms with Crippen LogP contribution >= 0.6 is 0 Å². The molecular weight excluding hydrogens is 243 g/mol. The minimum Gasteiger partial charge on any atom is -0.377 e. The third kappa shape index (κ3) is 2.73. The molecule has 1 heterocycles. The van der Waals surface area contributed by atoms with E-state index < -0.39 is 11.7 Å². The molecule has 0 fully saturated rings. The summed E-state index contributed by atoms with van der Waals surface area (Å²) < 4.78 is 44.2. The average Bonchev–Trinajstić information content (AvgIpc) is 2.38. The van der Waals surface area contributed by atoms with Crippen LogP contribution in [0.2, 0.25) is 0 Å². The molecule has 0 saturated carbocycles. The Balaban J connectivity index is 2.49. The maximum atomic E-state index is 13.0. The SMILES string of the molecule is NCc1ccc(C2=CCOCC2)c(C(F)(F)F)c1. The zero-order valence-corrected chi connectivity index (χ0v) is 9.76. The highest BCUT2D eigenvalue weighted by Gasteiger charge is 2.34.